The maximum Gasteiger partial charge on any atom is 0.354 e. The van der Waals surface area contributed by atoms with Crippen LogP contribution in [0.15, 0.2) is 36.0 Å². The van der Waals surface area contributed by atoms with Gasteiger partial charge in [-0.05, 0) is 25.1 Å². The maximum atomic E-state index is 12.2. The van der Waals surface area contributed by atoms with Crippen molar-refractivity contribution in [2.24, 2.45) is 0 Å². The number of rotatable bonds is 8. The van der Waals surface area contributed by atoms with Gasteiger partial charge in [-0.25, -0.2) is 4.79 Å². The van der Waals surface area contributed by atoms with Gasteiger partial charge in [-0.3, -0.25) is 19.3 Å². The number of hydrogen-bond acceptors (Lipinski definition) is 6. The molecule has 26 heavy (non-hydrogen) atoms. The SMILES string of the molecule is CCOC(=O)C(=CCOCCN1C(=O)c2ccccc2C1=O)NC(C)=O. The molecule has 0 atom stereocenters. The predicted molar refractivity (Wildman–Crippen MR) is 91.2 cm³/mol. The minimum atomic E-state index is -0.661. The van der Waals surface area contributed by atoms with E-state index in [9.17, 15) is 19.2 Å². The number of amides is 3. The molecule has 1 N–H and O–H groups in total. The van der Waals surface area contributed by atoms with Crippen LogP contribution in [0.2, 0.25) is 0 Å². The zero-order chi connectivity index (χ0) is 19.1. The van der Waals surface area contributed by atoms with Gasteiger partial charge in [0.1, 0.15) is 5.70 Å². The summed E-state index contributed by atoms with van der Waals surface area (Å²) in [5.74, 6) is -1.77. The molecule has 8 heteroatoms. The van der Waals surface area contributed by atoms with Crippen LogP contribution >= 0.6 is 0 Å². The van der Waals surface area contributed by atoms with Crippen LogP contribution in [0.5, 0.6) is 0 Å². The molecule has 1 aliphatic heterocycles. The third-order valence-corrected chi connectivity index (χ3v) is 3.55. The van der Waals surface area contributed by atoms with E-state index < -0.39 is 11.9 Å². The number of nitrogens with zero attached hydrogens (tertiary/aromatic N) is 1. The highest BCUT2D eigenvalue weighted by Crippen LogP contribution is 2.21. The number of carbonyl (C=O) groups excluding carboxylic acids is 4. The van der Waals surface area contributed by atoms with E-state index in [0.29, 0.717) is 11.1 Å². The normalized spacial score (nSPS) is 13.6. The average Bonchev–Trinajstić information content (AvgIpc) is 2.85. The first-order valence-electron chi connectivity index (χ1n) is 8.13. The molecular formula is C18H20N2O6. The van der Waals surface area contributed by atoms with Crippen molar-refractivity contribution in [1.29, 1.82) is 0 Å². The van der Waals surface area contributed by atoms with Crippen LogP contribution < -0.4 is 5.32 Å². The Hall–Kier alpha value is -3.00. The molecule has 0 radical (unpaired) electrons. The Morgan fingerprint density at radius 1 is 1.15 bits per heavy atom. The third kappa shape index (κ3) is 4.54. The minimum absolute atomic E-state index is 0.0115. The second-order valence-electron chi connectivity index (χ2n) is 5.40. The third-order valence-electron chi connectivity index (χ3n) is 3.55. The standard InChI is InChI=1S/C18H20N2O6/c1-3-26-18(24)15(19-12(2)21)8-10-25-11-9-20-16(22)13-6-4-5-7-14(13)17(20)23/h4-8H,3,9-11H2,1-2H3,(H,19,21). The Morgan fingerprint density at radius 3 is 2.31 bits per heavy atom. The number of benzene rings is 1. The Kier molecular flexibility index (Phi) is 6.62. The molecule has 1 aromatic carbocycles. The summed E-state index contributed by atoms with van der Waals surface area (Å²) in [7, 11) is 0. The lowest BCUT2D eigenvalue weighted by Gasteiger charge is -2.13. The molecule has 0 saturated heterocycles. The molecule has 3 amide bonds. The fourth-order valence-electron chi connectivity index (χ4n) is 2.41. The molecule has 0 fully saturated rings. The molecule has 2 rings (SSSR count). The smallest absolute Gasteiger partial charge is 0.354 e. The van der Waals surface area contributed by atoms with Crippen molar-refractivity contribution >= 4 is 23.7 Å². The molecule has 1 aliphatic rings. The van der Waals surface area contributed by atoms with Gasteiger partial charge in [0.2, 0.25) is 5.91 Å². The van der Waals surface area contributed by atoms with Gasteiger partial charge in [-0.1, -0.05) is 12.1 Å². The second-order valence-corrected chi connectivity index (χ2v) is 5.40. The van der Waals surface area contributed by atoms with Gasteiger partial charge in [0.25, 0.3) is 11.8 Å². The maximum absolute atomic E-state index is 12.2. The molecular weight excluding hydrogens is 340 g/mol. The number of esters is 1. The predicted octanol–water partition coefficient (Wildman–Crippen LogP) is 0.882. The van der Waals surface area contributed by atoms with Gasteiger partial charge in [-0.2, -0.15) is 0 Å². The van der Waals surface area contributed by atoms with E-state index in [4.69, 9.17) is 9.47 Å². The quantitative estimate of drug-likeness (QED) is 0.320. The Morgan fingerprint density at radius 2 is 1.77 bits per heavy atom. The molecule has 0 unspecified atom stereocenters. The van der Waals surface area contributed by atoms with Crippen LogP contribution in [0.3, 0.4) is 0 Å². The number of nitrogens with one attached hydrogen (secondary N) is 1. The van der Waals surface area contributed by atoms with Crippen molar-refractivity contribution in [2.75, 3.05) is 26.4 Å². The molecule has 0 bridgehead atoms. The Labute approximate surface area is 150 Å². The zero-order valence-electron chi connectivity index (χ0n) is 14.6. The van der Waals surface area contributed by atoms with Gasteiger partial charge in [0, 0.05) is 6.92 Å². The van der Waals surface area contributed by atoms with E-state index in [-0.39, 0.29) is 43.9 Å². The van der Waals surface area contributed by atoms with E-state index in [1.165, 1.54) is 13.0 Å². The number of imide groups is 1. The molecule has 8 nitrogen and oxygen atoms in total. The number of carbonyl (C=O) groups is 4. The van der Waals surface area contributed by atoms with Crippen molar-refractivity contribution in [1.82, 2.24) is 10.2 Å². The highest BCUT2D eigenvalue weighted by Gasteiger charge is 2.34. The first kappa shape index (κ1) is 19.3. The van der Waals surface area contributed by atoms with Gasteiger partial charge < -0.3 is 14.8 Å². The summed E-state index contributed by atoms with van der Waals surface area (Å²) in [5.41, 5.74) is 0.750. The molecule has 0 saturated carbocycles. The minimum Gasteiger partial charge on any atom is -0.461 e. The fraction of sp³-hybridized carbons (Fsp3) is 0.333. The van der Waals surface area contributed by atoms with Crippen LogP contribution in [0.1, 0.15) is 34.6 Å². The second kappa shape index (κ2) is 8.91. The zero-order valence-corrected chi connectivity index (χ0v) is 14.6. The highest BCUT2D eigenvalue weighted by molar-refractivity contribution is 6.21. The summed E-state index contributed by atoms with van der Waals surface area (Å²) in [6.07, 6.45) is 1.38. The van der Waals surface area contributed by atoms with E-state index in [1.807, 2.05) is 0 Å². The van der Waals surface area contributed by atoms with Gasteiger partial charge in [0.15, 0.2) is 0 Å². The van der Waals surface area contributed by atoms with Crippen LogP contribution in [0.25, 0.3) is 0 Å². The Bertz CT molecular complexity index is 721. The van der Waals surface area contributed by atoms with Gasteiger partial charge in [0.05, 0.1) is 37.5 Å². The number of ether oxygens (including phenoxy) is 2. The van der Waals surface area contributed by atoms with E-state index >= 15 is 0 Å². The summed E-state index contributed by atoms with van der Waals surface area (Å²) >= 11 is 0. The summed E-state index contributed by atoms with van der Waals surface area (Å²) in [6.45, 7) is 3.30. The van der Waals surface area contributed by atoms with Crippen molar-refractivity contribution in [3.05, 3.63) is 47.2 Å². The first-order chi connectivity index (χ1) is 12.5. The van der Waals surface area contributed by atoms with Gasteiger partial charge >= 0.3 is 5.97 Å². The molecule has 0 aliphatic carbocycles. The van der Waals surface area contributed by atoms with E-state index in [0.717, 1.165) is 4.90 Å². The van der Waals surface area contributed by atoms with E-state index in [2.05, 4.69) is 5.32 Å². The number of hydrogen-bond donors (Lipinski definition) is 1. The number of fused-ring (bicyclic) bond motifs is 1. The van der Waals surface area contributed by atoms with E-state index in [1.54, 1.807) is 31.2 Å². The summed E-state index contributed by atoms with van der Waals surface area (Å²) in [6, 6.07) is 6.62. The fourth-order valence-corrected chi connectivity index (χ4v) is 2.41. The highest BCUT2D eigenvalue weighted by atomic mass is 16.5. The first-order valence-corrected chi connectivity index (χ1v) is 8.13. The molecule has 0 spiro atoms. The Balaban J connectivity index is 1.86. The van der Waals surface area contributed by atoms with Crippen molar-refractivity contribution < 1.29 is 28.7 Å². The average molecular weight is 360 g/mol. The van der Waals surface area contributed by atoms with Crippen LogP contribution in [0, 0.1) is 0 Å². The molecule has 0 aromatic heterocycles. The topological polar surface area (TPSA) is 102 Å². The van der Waals surface area contributed by atoms with Crippen molar-refractivity contribution in [3.63, 3.8) is 0 Å². The van der Waals surface area contributed by atoms with Gasteiger partial charge in [-0.15, -0.1) is 0 Å². The molecule has 1 aromatic rings. The van der Waals surface area contributed by atoms with Crippen LogP contribution in [0.4, 0.5) is 0 Å². The lowest BCUT2D eigenvalue weighted by molar-refractivity contribution is -0.140. The summed E-state index contributed by atoms with van der Waals surface area (Å²) in [4.78, 5) is 48.3. The largest absolute Gasteiger partial charge is 0.461 e. The summed E-state index contributed by atoms with van der Waals surface area (Å²) in [5, 5.41) is 2.37. The van der Waals surface area contributed by atoms with Crippen LogP contribution in [-0.2, 0) is 19.1 Å². The monoisotopic (exact) mass is 360 g/mol. The lowest BCUT2D eigenvalue weighted by atomic mass is 10.1. The van der Waals surface area contributed by atoms with Crippen molar-refractivity contribution in [3.8, 4) is 0 Å². The molecule has 138 valence electrons. The van der Waals surface area contributed by atoms with Crippen molar-refractivity contribution in [2.45, 2.75) is 13.8 Å². The van der Waals surface area contributed by atoms with Crippen LogP contribution in [-0.4, -0.2) is 55.0 Å². The molecule has 1 heterocycles. The summed E-state index contributed by atoms with van der Waals surface area (Å²) < 4.78 is 10.2. The lowest BCUT2D eigenvalue weighted by Crippen LogP contribution is -2.33.